The first-order valence-corrected chi connectivity index (χ1v) is 9.34. The van der Waals surface area contributed by atoms with E-state index < -0.39 is 5.82 Å². The van der Waals surface area contributed by atoms with Crippen molar-refractivity contribution >= 4 is 17.6 Å². The van der Waals surface area contributed by atoms with Gasteiger partial charge in [0.25, 0.3) is 0 Å². The predicted molar refractivity (Wildman–Crippen MR) is 107 cm³/mol. The van der Waals surface area contributed by atoms with Crippen molar-refractivity contribution in [3.8, 4) is 0 Å². The van der Waals surface area contributed by atoms with Crippen LogP contribution in [0, 0.1) is 17.1 Å². The van der Waals surface area contributed by atoms with Crippen LogP contribution in [-0.4, -0.2) is 49.9 Å². The van der Waals surface area contributed by atoms with E-state index in [0.29, 0.717) is 17.7 Å². The van der Waals surface area contributed by atoms with Crippen molar-refractivity contribution in [3.63, 3.8) is 0 Å². The van der Waals surface area contributed by atoms with Gasteiger partial charge in [-0.05, 0) is 18.5 Å². The molecule has 0 aliphatic heterocycles. The Morgan fingerprint density at radius 3 is 2.43 bits per heavy atom. The number of amides is 2. The lowest BCUT2D eigenvalue weighted by Crippen LogP contribution is -2.49. The largest absolute Gasteiger partial charge is 0.384 e. The third kappa shape index (κ3) is 8.45. The van der Waals surface area contributed by atoms with E-state index in [1.54, 1.807) is 0 Å². The summed E-state index contributed by atoms with van der Waals surface area (Å²) in [6.07, 6.45) is 0. The Bertz CT molecular complexity index is 680. The Hall–Kier alpha value is -2.52. The lowest BCUT2D eigenvalue weighted by molar-refractivity contribution is -0.121. The molecule has 28 heavy (non-hydrogen) atoms. The van der Waals surface area contributed by atoms with E-state index in [-0.39, 0.29) is 49.2 Å². The first kappa shape index (κ1) is 23.5. The summed E-state index contributed by atoms with van der Waals surface area (Å²) in [6, 6.07) is 4.10. The van der Waals surface area contributed by atoms with E-state index in [4.69, 9.17) is 11.1 Å². The zero-order valence-electron chi connectivity index (χ0n) is 16.7. The number of hydrogen-bond acceptors (Lipinski definition) is 5. The van der Waals surface area contributed by atoms with E-state index in [1.807, 2.05) is 20.8 Å². The van der Waals surface area contributed by atoms with Crippen LogP contribution in [0.25, 0.3) is 0 Å². The second-order valence-electron chi connectivity index (χ2n) is 6.83. The van der Waals surface area contributed by atoms with Crippen LogP contribution in [0.15, 0.2) is 18.2 Å². The molecule has 1 rings (SSSR count). The molecule has 0 saturated heterocycles. The first-order chi connectivity index (χ1) is 13.2. The number of carbonyl (C=O) groups excluding carboxylic acids is 2. The van der Waals surface area contributed by atoms with Gasteiger partial charge in [-0.1, -0.05) is 32.9 Å². The Kier molecular flexibility index (Phi) is 10.1. The molecule has 1 aromatic rings. The Labute approximate surface area is 165 Å². The number of carbonyl (C=O) groups is 2. The van der Waals surface area contributed by atoms with Crippen LogP contribution in [0.4, 0.5) is 4.39 Å². The molecule has 0 aromatic heterocycles. The van der Waals surface area contributed by atoms with Gasteiger partial charge in [-0.15, -0.1) is 0 Å². The molecule has 156 valence electrons. The lowest BCUT2D eigenvalue weighted by Gasteiger charge is -2.23. The average Bonchev–Trinajstić information content (AvgIpc) is 2.64. The molecule has 0 heterocycles. The highest BCUT2D eigenvalue weighted by Crippen LogP contribution is 2.10. The molecule has 2 amide bonds. The molecule has 1 unspecified atom stereocenters. The maximum Gasteiger partial charge on any atom is 0.234 e. The maximum absolute atomic E-state index is 14.0. The van der Waals surface area contributed by atoms with Gasteiger partial charge in [0.1, 0.15) is 11.7 Å². The number of rotatable bonds is 12. The average molecular weight is 394 g/mol. The number of amidine groups is 1. The van der Waals surface area contributed by atoms with Crippen LogP contribution < -0.4 is 27.0 Å². The van der Waals surface area contributed by atoms with Crippen molar-refractivity contribution in [3.05, 3.63) is 35.1 Å². The summed E-state index contributed by atoms with van der Waals surface area (Å²) in [5.41, 5.74) is 5.93. The summed E-state index contributed by atoms with van der Waals surface area (Å²) in [6.45, 7) is 7.43. The van der Waals surface area contributed by atoms with Crippen molar-refractivity contribution in [1.82, 2.24) is 21.3 Å². The number of nitrogen functional groups attached to an aromatic ring is 1. The molecule has 1 atom stereocenters. The summed E-state index contributed by atoms with van der Waals surface area (Å²) < 4.78 is 14.0. The molecular weight excluding hydrogens is 363 g/mol. The van der Waals surface area contributed by atoms with Crippen LogP contribution in [0.2, 0.25) is 0 Å². The minimum absolute atomic E-state index is 0.0392. The van der Waals surface area contributed by atoms with Gasteiger partial charge >= 0.3 is 0 Å². The summed E-state index contributed by atoms with van der Waals surface area (Å²) in [7, 11) is 0. The van der Waals surface area contributed by atoms with Crippen LogP contribution in [0.3, 0.4) is 0 Å². The van der Waals surface area contributed by atoms with Crippen molar-refractivity contribution in [1.29, 1.82) is 5.41 Å². The summed E-state index contributed by atoms with van der Waals surface area (Å²) >= 11 is 0. The second kappa shape index (κ2) is 12.0. The fourth-order valence-corrected chi connectivity index (χ4v) is 2.41. The molecule has 0 aliphatic rings. The van der Waals surface area contributed by atoms with E-state index >= 15 is 0 Å². The Balaban J connectivity index is 2.40. The SMILES string of the molecule is CCNCC(=O)NC(CNCC(=O)NCc1ccc(C(=N)N)cc1F)C(C)C. The third-order valence-electron chi connectivity index (χ3n) is 4.18. The molecule has 0 saturated carbocycles. The minimum atomic E-state index is -0.524. The standard InChI is InChI=1S/C19H31FN6O2/c1-4-23-11-18(28)26-16(12(2)3)9-24-10-17(27)25-8-14-6-5-13(19(21)22)7-15(14)20/h5-7,12,16,23-24H,4,8-11H2,1-3H3,(H3,21,22)(H,25,27)(H,26,28). The van der Waals surface area contributed by atoms with Crippen LogP contribution in [-0.2, 0) is 16.1 Å². The highest BCUT2D eigenvalue weighted by atomic mass is 19.1. The number of nitrogens with one attached hydrogen (secondary N) is 5. The van der Waals surface area contributed by atoms with Crippen molar-refractivity contribution in [2.24, 2.45) is 11.7 Å². The molecule has 0 spiro atoms. The van der Waals surface area contributed by atoms with Gasteiger partial charge in [-0.2, -0.15) is 0 Å². The van der Waals surface area contributed by atoms with Crippen molar-refractivity contribution < 1.29 is 14.0 Å². The Morgan fingerprint density at radius 2 is 1.86 bits per heavy atom. The fourth-order valence-electron chi connectivity index (χ4n) is 2.41. The number of halogens is 1. The smallest absolute Gasteiger partial charge is 0.234 e. The normalized spacial score (nSPS) is 11.9. The van der Waals surface area contributed by atoms with Gasteiger partial charge < -0.3 is 27.0 Å². The van der Waals surface area contributed by atoms with Gasteiger partial charge in [0, 0.05) is 30.3 Å². The van der Waals surface area contributed by atoms with Gasteiger partial charge in [0.2, 0.25) is 11.8 Å². The summed E-state index contributed by atoms with van der Waals surface area (Å²) in [5, 5.41) is 18.8. The highest BCUT2D eigenvalue weighted by molar-refractivity contribution is 5.94. The van der Waals surface area contributed by atoms with Gasteiger partial charge in [-0.3, -0.25) is 15.0 Å². The predicted octanol–water partition coefficient (Wildman–Crippen LogP) is 0.0659. The number of benzene rings is 1. The lowest BCUT2D eigenvalue weighted by atomic mass is 10.0. The molecule has 8 nitrogen and oxygen atoms in total. The fraction of sp³-hybridized carbons (Fsp3) is 0.526. The molecule has 0 fully saturated rings. The molecule has 1 aromatic carbocycles. The number of hydrogen-bond donors (Lipinski definition) is 6. The van der Waals surface area contributed by atoms with Gasteiger partial charge in [0.15, 0.2) is 0 Å². The van der Waals surface area contributed by atoms with E-state index in [0.717, 1.165) is 6.54 Å². The quantitative estimate of drug-likeness (QED) is 0.220. The molecule has 7 N–H and O–H groups in total. The van der Waals surface area contributed by atoms with Crippen LogP contribution in [0.5, 0.6) is 0 Å². The molecule has 0 radical (unpaired) electrons. The zero-order valence-corrected chi connectivity index (χ0v) is 16.7. The summed E-state index contributed by atoms with van der Waals surface area (Å²) in [4.78, 5) is 23.8. The summed E-state index contributed by atoms with van der Waals surface area (Å²) in [5.74, 6) is -0.900. The second-order valence-corrected chi connectivity index (χ2v) is 6.83. The minimum Gasteiger partial charge on any atom is -0.384 e. The first-order valence-electron chi connectivity index (χ1n) is 9.34. The highest BCUT2D eigenvalue weighted by Gasteiger charge is 2.16. The third-order valence-corrected chi connectivity index (χ3v) is 4.18. The van der Waals surface area contributed by atoms with Crippen molar-refractivity contribution in [2.75, 3.05) is 26.2 Å². The molecule has 0 aliphatic carbocycles. The monoisotopic (exact) mass is 394 g/mol. The van der Waals surface area contributed by atoms with Crippen molar-refractivity contribution in [2.45, 2.75) is 33.4 Å². The molecule has 9 heteroatoms. The zero-order chi connectivity index (χ0) is 21.1. The number of likely N-dealkylation sites (N-methyl/N-ethyl adjacent to an activating group) is 1. The van der Waals surface area contributed by atoms with E-state index in [9.17, 15) is 14.0 Å². The maximum atomic E-state index is 14.0. The van der Waals surface area contributed by atoms with Gasteiger partial charge in [-0.25, -0.2) is 4.39 Å². The van der Waals surface area contributed by atoms with Crippen LogP contribution in [0.1, 0.15) is 31.9 Å². The molecular formula is C19H31FN6O2. The van der Waals surface area contributed by atoms with Gasteiger partial charge in [0.05, 0.1) is 13.1 Å². The number of nitrogens with two attached hydrogens (primary N) is 1. The molecule has 0 bridgehead atoms. The topological polar surface area (TPSA) is 132 Å². The van der Waals surface area contributed by atoms with Crippen LogP contribution >= 0.6 is 0 Å². The van der Waals surface area contributed by atoms with E-state index in [1.165, 1.54) is 18.2 Å². The Morgan fingerprint density at radius 1 is 1.18 bits per heavy atom. The van der Waals surface area contributed by atoms with E-state index in [2.05, 4.69) is 21.3 Å².